The highest BCUT2D eigenvalue weighted by molar-refractivity contribution is 5.73. The van der Waals surface area contributed by atoms with Crippen molar-refractivity contribution in [1.29, 1.82) is 0 Å². The van der Waals surface area contributed by atoms with E-state index in [-0.39, 0.29) is 17.8 Å². The zero-order valence-corrected chi connectivity index (χ0v) is 23.2. The van der Waals surface area contributed by atoms with Crippen LogP contribution < -0.4 is 9.47 Å². The van der Waals surface area contributed by atoms with E-state index >= 15 is 0 Å². The van der Waals surface area contributed by atoms with E-state index in [1.165, 1.54) is 23.1 Å². The van der Waals surface area contributed by atoms with E-state index in [4.69, 9.17) is 14.2 Å². The van der Waals surface area contributed by atoms with Crippen LogP contribution >= 0.6 is 0 Å². The Bertz CT molecular complexity index is 1080. The lowest BCUT2D eigenvalue weighted by Crippen LogP contribution is -2.51. The summed E-state index contributed by atoms with van der Waals surface area (Å²) in [6, 6.07) is 16.9. The zero-order valence-electron chi connectivity index (χ0n) is 23.2. The van der Waals surface area contributed by atoms with Gasteiger partial charge >= 0.3 is 5.97 Å². The fourth-order valence-corrected chi connectivity index (χ4v) is 5.99. The molecule has 5 rings (SSSR count). The number of carbonyl (C=O) groups excluding carboxylic acids is 1. The topological polar surface area (TPSA) is 48.0 Å². The smallest absolute Gasteiger partial charge is 0.308 e. The Labute approximate surface area is 222 Å². The van der Waals surface area contributed by atoms with Crippen LogP contribution in [-0.4, -0.2) is 50.8 Å². The molecular formula is C32H43NO4. The molecule has 37 heavy (non-hydrogen) atoms. The molecule has 0 aliphatic heterocycles. The molecule has 3 aliphatic rings. The van der Waals surface area contributed by atoms with Crippen molar-refractivity contribution in [2.75, 3.05) is 34.4 Å². The van der Waals surface area contributed by atoms with Gasteiger partial charge in [-0.25, -0.2) is 0 Å². The van der Waals surface area contributed by atoms with Crippen LogP contribution in [-0.2, 0) is 16.0 Å². The minimum Gasteiger partial charge on any atom is -0.493 e. The normalized spacial score (nSPS) is 22.7. The highest BCUT2D eigenvalue weighted by Gasteiger charge is 2.50. The van der Waals surface area contributed by atoms with Gasteiger partial charge in [0.2, 0.25) is 0 Å². The predicted octanol–water partition coefficient (Wildman–Crippen LogP) is 6.41. The summed E-state index contributed by atoms with van der Waals surface area (Å²) in [5.41, 5.74) is 3.60. The number of esters is 1. The van der Waals surface area contributed by atoms with Crippen LogP contribution in [0.2, 0.25) is 0 Å². The molecule has 200 valence electrons. The molecule has 0 saturated heterocycles. The van der Waals surface area contributed by atoms with Gasteiger partial charge in [0.1, 0.15) is 5.60 Å². The average molecular weight is 506 g/mol. The molecule has 0 radical (unpaired) electrons. The maximum atomic E-state index is 12.8. The van der Waals surface area contributed by atoms with Crippen LogP contribution in [0.3, 0.4) is 0 Å². The van der Waals surface area contributed by atoms with Gasteiger partial charge in [0, 0.05) is 18.9 Å². The van der Waals surface area contributed by atoms with Crippen molar-refractivity contribution < 1.29 is 19.0 Å². The summed E-state index contributed by atoms with van der Waals surface area (Å²) in [4.78, 5) is 15.2. The van der Waals surface area contributed by atoms with E-state index in [0.29, 0.717) is 5.92 Å². The highest BCUT2D eigenvalue weighted by atomic mass is 16.6. The molecule has 1 saturated carbocycles. The molecule has 0 heterocycles. The van der Waals surface area contributed by atoms with Gasteiger partial charge in [0.05, 0.1) is 20.1 Å². The molecular weight excluding hydrogens is 462 g/mol. The van der Waals surface area contributed by atoms with E-state index in [9.17, 15) is 4.79 Å². The summed E-state index contributed by atoms with van der Waals surface area (Å²) in [6.45, 7) is 5.77. The zero-order chi connectivity index (χ0) is 26.4. The molecule has 2 aromatic carbocycles. The molecule has 2 aromatic rings. The Kier molecular flexibility index (Phi) is 8.96. The van der Waals surface area contributed by atoms with Crippen molar-refractivity contribution in [3.63, 3.8) is 0 Å². The van der Waals surface area contributed by atoms with Crippen molar-refractivity contribution in [3.05, 3.63) is 65.7 Å². The summed E-state index contributed by atoms with van der Waals surface area (Å²) >= 11 is 0. The van der Waals surface area contributed by atoms with E-state index in [0.717, 1.165) is 56.7 Å². The fourth-order valence-electron chi connectivity index (χ4n) is 5.99. The molecule has 3 aliphatic carbocycles. The van der Waals surface area contributed by atoms with Gasteiger partial charge in [-0.05, 0) is 80.4 Å². The first kappa shape index (κ1) is 27.3. The summed E-state index contributed by atoms with van der Waals surface area (Å²) < 4.78 is 17.2. The summed E-state index contributed by atoms with van der Waals surface area (Å²) in [5, 5.41) is 0. The number of benzene rings is 2. The summed E-state index contributed by atoms with van der Waals surface area (Å²) in [7, 11) is 5.51. The second kappa shape index (κ2) is 12.2. The van der Waals surface area contributed by atoms with Crippen molar-refractivity contribution >= 4 is 11.5 Å². The number of allylic oxidation sites excluding steroid dienone is 1. The molecule has 5 nitrogen and oxygen atoms in total. The predicted molar refractivity (Wildman–Crippen MR) is 149 cm³/mol. The van der Waals surface area contributed by atoms with Crippen LogP contribution in [0.15, 0.2) is 54.6 Å². The van der Waals surface area contributed by atoms with Crippen molar-refractivity contribution in [2.45, 2.75) is 58.0 Å². The minimum atomic E-state index is -0.403. The monoisotopic (exact) mass is 505 g/mol. The Balaban J connectivity index is 1.40. The Hall–Kier alpha value is -2.79. The van der Waals surface area contributed by atoms with E-state index in [1.54, 1.807) is 14.2 Å². The second-order valence-electron chi connectivity index (χ2n) is 11.1. The summed E-state index contributed by atoms with van der Waals surface area (Å²) in [6.07, 6.45) is 8.52. The van der Waals surface area contributed by atoms with Crippen LogP contribution in [0, 0.1) is 17.8 Å². The second-order valence-corrected chi connectivity index (χ2v) is 11.1. The lowest BCUT2D eigenvalue weighted by molar-refractivity contribution is -0.176. The maximum absolute atomic E-state index is 12.8. The largest absolute Gasteiger partial charge is 0.493 e. The summed E-state index contributed by atoms with van der Waals surface area (Å²) in [5.74, 6) is 2.07. The van der Waals surface area contributed by atoms with Crippen molar-refractivity contribution in [2.24, 2.45) is 17.8 Å². The van der Waals surface area contributed by atoms with Gasteiger partial charge in [0.25, 0.3) is 0 Å². The highest BCUT2D eigenvalue weighted by Crippen LogP contribution is 2.53. The van der Waals surface area contributed by atoms with Gasteiger partial charge < -0.3 is 19.1 Å². The quantitative estimate of drug-likeness (QED) is 0.312. The van der Waals surface area contributed by atoms with Crippen molar-refractivity contribution in [3.8, 4) is 11.5 Å². The molecule has 2 bridgehead atoms. The van der Waals surface area contributed by atoms with Gasteiger partial charge in [-0.1, -0.05) is 56.3 Å². The number of nitrogens with zero attached hydrogens (tertiary/aromatic N) is 1. The van der Waals surface area contributed by atoms with E-state index in [1.807, 2.05) is 19.9 Å². The van der Waals surface area contributed by atoms with Crippen LogP contribution in [0.25, 0.3) is 5.57 Å². The molecule has 0 amide bonds. The number of fused-ring (bicyclic) bond motifs is 2. The van der Waals surface area contributed by atoms with Gasteiger partial charge in [0.15, 0.2) is 11.5 Å². The number of hydrogen-bond donors (Lipinski definition) is 0. The molecule has 0 spiro atoms. The van der Waals surface area contributed by atoms with Crippen LogP contribution in [0.4, 0.5) is 0 Å². The third kappa shape index (κ3) is 6.38. The minimum absolute atomic E-state index is 0.0710. The SMILES string of the molecule is COc1ccc(CCCN(C)CC[C@]2(OC(=O)C(C)C)C[C@H]3CC[C@@H]2C=C3c2ccccc2)cc1OC. The number of rotatable bonds is 12. The number of ether oxygens (including phenoxy) is 3. The van der Waals surface area contributed by atoms with Gasteiger partial charge in [-0.2, -0.15) is 0 Å². The molecule has 0 unspecified atom stereocenters. The molecule has 0 aromatic heterocycles. The molecule has 0 N–H and O–H groups in total. The third-order valence-corrected chi connectivity index (χ3v) is 8.17. The standard InChI is InChI=1S/C32H43NO4/c1-23(2)31(34)37-32(22-26-14-15-27(32)21-28(26)25-11-7-6-8-12-25)17-19-33(3)18-9-10-24-13-16-29(35-4)30(20-24)36-5/h6-8,11-13,16,20-21,23,26-27H,9-10,14-15,17-19,22H2,1-5H3/t26-,27-,32+/m1/s1. The Morgan fingerprint density at radius 2 is 1.78 bits per heavy atom. The number of aryl methyl sites for hydroxylation is 1. The Morgan fingerprint density at radius 1 is 1.03 bits per heavy atom. The first-order valence-electron chi connectivity index (χ1n) is 13.7. The Morgan fingerprint density at radius 3 is 2.43 bits per heavy atom. The molecule has 5 heteroatoms. The molecule has 3 atom stereocenters. The van der Waals surface area contributed by atoms with Crippen LogP contribution in [0.1, 0.15) is 57.1 Å². The lowest BCUT2D eigenvalue weighted by atomic mass is 9.60. The lowest BCUT2D eigenvalue weighted by Gasteiger charge is -2.50. The fraction of sp³-hybridized carbons (Fsp3) is 0.531. The van der Waals surface area contributed by atoms with Crippen molar-refractivity contribution in [1.82, 2.24) is 4.90 Å². The van der Waals surface area contributed by atoms with Gasteiger partial charge in [-0.3, -0.25) is 4.79 Å². The van der Waals surface area contributed by atoms with Gasteiger partial charge in [-0.15, -0.1) is 0 Å². The first-order valence-corrected chi connectivity index (χ1v) is 13.7. The average Bonchev–Trinajstić information content (AvgIpc) is 2.92. The van der Waals surface area contributed by atoms with E-state index < -0.39 is 5.60 Å². The number of methoxy groups -OCH3 is 2. The van der Waals surface area contributed by atoms with E-state index in [2.05, 4.69) is 60.5 Å². The maximum Gasteiger partial charge on any atom is 0.308 e. The first-order chi connectivity index (χ1) is 17.8. The third-order valence-electron chi connectivity index (χ3n) is 8.17. The number of hydrogen-bond acceptors (Lipinski definition) is 5. The molecule has 1 fully saturated rings. The van der Waals surface area contributed by atoms with Crippen LogP contribution in [0.5, 0.6) is 11.5 Å². The number of carbonyl (C=O) groups is 1.